The van der Waals surface area contributed by atoms with Gasteiger partial charge in [-0.25, -0.2) is 0 Å². The number of hydrogen-bond acceptors (Lipinski definition) is 6. The standard InChI is InChI=1S/C14H27N5O3.HI/c1-4-15-14(16-7-5-9-21-11-10-20-3)17-8-6-13-18-12(2)19-22-13;/h4-11H2,1-3H3,(H2,15,16,17);1H. The van der Waals surface area contributed by atoms with E-state index in [1.807, 2.05) is 6.92 Å². The summed E-state index contributed by atoms with van der Waals surface area (Å²) in [5.74, 6) is 2.08. The predicted octanol–water partition coefficient (Wildman–Crippen LogP) is 1.15. The first-order valence-corrected chi connectivity index (χ1v) is 7.64. The lowest BCUT2D eigenvalue weighted by atomic mass is 10.4. The van der Waals surface area contributed by atoms with Crippen LogP contribution in [0.25, 0.3) is 0 Å². The van der Waals surface area contributed by atoms with E-state index in [9.17, 15) is 0 Å². The predicted molar refractivity (Wildman–Crippen MR) is 99.4 cm³/mol. The van der Waals surface area contributed by atoms with Crippen LogP contribution in [0.1, 0.15) is 25.1 Å². The van der Waals surface area contributed by atoms with Crippen LogP contribution in [-0.2, 0) is 15.9 Å². The number of halogens is 1. The van der Waals surface area contributed by atoms with E-state index in [1.165, 1.54) is 0 Å². The molecular weight excluding hydrogens is 413 g/mol. The summed E-state index contributed by atoms with van der Waals surface area (Å²) in [6.07, 6.45) is 1.55. The van der Waals surface area contributed by atoms with Gasteiger partial charge in [0.25, 0.3) is 0 Å². The van der Waals surface area contributed by atoms with Crippen LogP contribution in [0, 0.1) is 6.92 Å². The van der Waals surface area contributed by atoms with Crippen LogP contribution >= 0.6 is 24.0 Å². The molecule has 0 unspecified atom stereocenters. The molecule has 0 fully saturated rings. The number of nitrogens with zero attached hydrogens (tertiary/aromatic N) is 3. The van der Waals surface area contributed by atoms with Crippen molar-refractivity contribution < 1.29 is 14.0 Å². The number of ether oxygens (including phenoxy) is 2. The van der Waals surface area contributed by atoms with E-state index < -0.39 is 0 Å². The van der Waals surface area contributed by atoms with E-state index in [1.54, 1.807) is 14.0 Å². The van der Waals surface area contributed by atoms with Gasteiger partial charge in [0.15, 0.2) is 11.8 Å². The quantitative estimate of drug-likeness (QED) is 0.230. The maximum atomic E-state index is 5.39. The molecule has 0 saturated carbocycles. The van der Waals surface area contributed by atoms with Gasteiger partial charge in [-0.1, -0.05) is 5.16 Å². The number of nitrogens with one attached hydrogen (secondary N) is 2. The van der Waals surface area contributed by atoms with Gasteiger partial charge in [-0.15, -0.1) is 24.0 Å². The van der Waals surface area contributed by atoms with Crippen LogP contribution < -0.4 is 10.6 Å². The van der Waals surface area contributed by atoms with E-state index in [0.717, 1.165) is 18.9 Å². The van der Waals surface area contributed by atoms with E-state index in [2.05, 4.69) is 25.8 Å². The first-order chi connectivity index (χ1) is 10.8. The minimum atomic E-state index is 0. The Hall–Kier alpha value is -0.940. The highest BCUT2D eigenvalue weighted by Crippen LogP contribution is 1.95. The first kappa shape index (κ1) is 22.1. The number of aryl methyl sites for hydroxylation is 1. The molecule has 0 aromatic carbocycles. The number of aliphatic imine (C=N–C) groups is 1. The highest BCUT2D eigenvalue weighted by atomic mass is 127. The van der Waals surface area contributed by atoms with Crippen molar-refractivity contribution in [2.75, 3.05) is 46.6 Å². The largest absolute Gasteiger partial charge is 0.382 e. The molecule has 134 valence electrons. The third kappa shape index (κ3) is 11.3. The van der Waals surface area contributed by atoms with Gasteiger partial charge in [0, 0.05) is 39.8 Å². The molecule has 0 aliphatic heterocycles. The van der Waals surface area contributed by atoms with Crippen molar-refractivity contribution in [1.82, 2.24) is 20.8 Å². The Morgan fingerprint density at radius 3 is 2.74 bits per heavy atom. The molecule has 1 heterocycles. The van der Waals surface area contributed by atoms with E-state index in [4.69, 9.17) is 14.0 Å². The SMILES string of the molecule is CCNC(=NCCCOCCOC)NCCc1nc(C)no1.I. The minimum absolute atomic E-state index is 0. The Bertz CT molecular complexity index is 428. The fraction of sp³-hybridized carbons (Fsp3) is 0.786. The summed E-state index contributed by atoms with van der Waals surface area (Å²) in [4.78, 5) is 8.64. The van der Waals surface area contributed by atoms with Crippen LogP contribution in [0.15, 0.2) is 9.52 Å². The fourth-order valence-corrected chi connectivity index (χ4v) is 1.67. The maximum absolute atomic E-state index is 5.39. The van der Waals surface area contributed by atoms with Crippen LogP contribution in [0.5, 0.6) is 0 Å². The lowest BCUT2D eigenvalue weighted by Gasteiger charge is -2.10. The molecule has 0 radical (unpaired) electrons. The zero-order valence-corrected chi connectivity index (χ0v) is 16.5. The molecule has 1 aromatic rings. The second-order valence-corrected chi connectivity index (χ2v) is 4.63. The van der Waals surface area contributed by atoms with Gasteiger partial charge in [0.1, 0.15) is 0 Å². The third-order valence-electron chi connectivity index (χ3n) is 2.69. The van der Waals surface area contributed by atoms with E-state index in [-0.39, 0.29) is 24.0 Å². The molecule has 9 heteroatoms. The molecule has 0 atom stereocenters. The molecule has 0 spiro atoms. The lowest BCUT2D eigenvalue weighted by Crippen LogP contribution is -2.38. The van der Waals surface area contributed by atoms with E-state index >= 15 is 0 Å². The molecule has 0 amide bonds. The lowest BCUT2D eigenvalue weighted by molar-refractivity contribution is 0.0702. The molecule has 23 heavy (non-hydrogen) atoms. The Balaban J connectivity index is 0.00000484. The van der Waals surface area contributed by atoms with Crippen LogP contribution in [-0.4, -0.2) is 62.7 Å². The summed E-state index contributed by atoms with van der Waals surface area (Å²) >= 11 is 0. The van der Waals surface area contributed by atoms with Gasteiger partial charge in [-0.3, -0.25) is 4.99 Å². The highest BCUT2D eigenvalue weighted by molar-refractivity contribution is 14.0. The number of guanidine groups is 1. The minimum Gasteiger partial charge on any atom is -0.382 e. The Labute approximate surface area is 154 Å². The van der Waals surface area contributed by atoms with Gasteiger partial charge < -0.3 is 24.6 Å². The van der Waals surface area contributed by atoms with Crippen molar-refractivity contribution in [1.29, 1.82) is 0 Å². The highest BCUT2D eigenvalue weighted by Gasteiger charge is 2.03. The average molecular weight is 441 g/mol. The second kappa shape index (κ2) is 14.6. The summed E-state index contributed by atoms with van der Waals surface area (Å²) in [5.41, 5.74) is 0. The Morgan fingerprint density at radius 2 is 2.09 bits per heavy atom. The summed E-state index contributed by atoms with van der Waals surface area (Å²) in [6, 6.07) is 0. The van der Waals surface area contributed by atoms with Crippen molar-refractivity contribution in [3.8, 4) is 0 Å². The zero-order valence-electron chi connectivity index (χ0n) is 14.1. The van der Waals surface area contributed by atoms with Gasteiger partial charge >= 0.3 is 0 Å². The molecule has 0 aliphatic carbocycles. The summed E-state index contributed by atoms with van der Waals surface area (Å²) < 4.78 is 15.4. The number of methoxy groups -OCH3 is 1. The average Bonchev–Trinajstić information content (AvgIpc) is 2.92. The number of hydrogen-bond donors (Lipinski definition) is 2. The van der Waals surface area contributed by atoms with Gasteiger partial charge in [-0.05, 0) is 20.3 Å². The van der Waals surface area contributed by atoms with Crippen molar-refractivity contribution in [3.63, 3.8) is 0 Å². The second-order valence-electron chi connectivity index (χ2n) is 4.63. The third-order valence-corrected chi connectivity index (χ3v) is 2.69. The van der Waals surface area contributed by atoms with Crippen molar-refractivity contribution in [2.24, 2.45) is 4.99 Å². The van der Waals surface area contributed by atoms with Crippen LogP contribution in [0.2, 0.25) is 0 Å². The monoisotopic (exact) mass is 441 g/mol. The summed E-state index contributed by atoms with van der Waals surface area (Å²) in [5, 5.41) is 10.2. The fourth-order valence-electron chi connectivity index (χ4n) is 1.67. The molecule has 1 rings (SSSR count). The molecule has 0 aliphatic rings. The van der Waals surface area contributed by atoms with E-state index in [0.29, 0.717) is 51.0 Å². The van der Waals surface area contributed by atoms with Gasteiger partial charge in [-0.2, -0.15) is 4.98 Å². The number of aromatic nitrogens is 2. The van der Waals surface area contributed by atoms with Crippen LogP contribution in [0.4, 0.5) is 0 Å². The normalized spacial score (nSPS) is 11.2. The number of rotatable bonds is 11. The Morgan fingerprint density at radius 1 is 1.26 bits per heavy atom. The summed E-state index contributed by atoms with van der Waals surface area (Å²) in [6.45, 7) is 8.00. The molecule has 0 saturated heterocycles. The van der Waals surface area contributed by atoms with Crippen molar-refractivity contribution in [3.05, 3.63) is 11.7 Å². The van der Waals surface area contributed by atoms with Gasteiger partial charge in [0.05, 0.1) is 13.2 Å². The molecule has 1 aromatic heterocycles. The van der Waals surface area contributed by atoms with Crippen LogP contribution in [0.3, 0.4) is 0 Å². The van der Waals surface area contributed by atoms with Gasteiger partial charge in [0.2, 0.25) is 5.89 Å². The maximum Gasteiger partial charge on any atom is 0.228 e. The smallest absolute Gasteiger partial charge is 0.228 e. The summed E-state index contributed by atoms with van der Waals surface area (Å²) in [7, 11) is 1.66. The molecule has 8 nitrogen and oxygen atoms in total. The topological polar surface area (TPSA) is 93.8 Å². The Kier molecular flexibility index (Phi) is 14.0. The molecule has 2 N–H and O–H groups in total. The molecular formula is C14H28IN5O3. The molecule has 0 bridgehead atoms. The van der Waals surface area contributed by atoms with Crippen molar-refractivity contribution in [2.45, 2.75) is 26.7 Å². The zero-order chi connectivity index (χ0) is 16.0. The van der Waals surface area contributed by atoms with Crippen molar-refractivity contribution >= 4 is 29.9 Å². The first-order valence-electron chi connectivity index (χ1n) is 7.64.